The Kier molecular flexibility index (Phi) is 8.13. The van der Waals surface area contributed by atoms with E-state index in [0.717, 1.165) is 64.2 Å². The number of benzene rings is 1. The SMILES string of the molecule is Cc1cc(C)c(CCCCCC2(C(=O)O)CC2)c(CCCCC(C)(C)C(=O)O)c1C. The van der Waals surface area contributed by atoms with Crippen molar-refractivity contribution < 1.29 is 19.8 Å². The van der Waals surface area contributed by atoms with Gasteiger partial charge in [0.25, 0.3) is 0 Å². The van der Waals surface area contributed by atoms with Crippen LogP contribution in [-0.4, -0.2) is 22.2 Å². The molecule has 0 saturated heterocycles. The molecule has 1 aliphatic rings. The fourth-order valence-corrected chi connectivity index (χ4v) is 4.55. The molecule has 1 fully saturated rings. The van der Waals surface area contributed by atoms with Crippen molar-refractivity contribution >= 4 is 11.9 Å². The molecule has 4 heteroatoms. The number of carboxylic acids is 2. The second-order valence-electron chi connectivity index (χ2n) is 10.1. The second kappa shape index (κ2) is 9.98. The number of carboxylic acid groups (broad SMARTS) is 2. The maximum absolute atomic E-state index is 11.3. The lowest BCUT2D eigenvalue weighted by atomic mass is 9.84. The zero-order chi connectivity index (χ0) is 22.5. The normalized spacial score (nSPS) is 15.2. The van der Waals surface area contributed by atoms with E-state index in [0.29, 0.717) is 6.42 Å². The van der Waals surface area contributed by atoms with E-state index in [2.05, 4.69) is 26.8 Å². The van der Waals surface area contributed by atoms with Crippen LogP contribution in [0.1, 0.15) is 99.5 Å². The van der Waals surface area contributed by atoms with Crippen molar-refractivity contribution in [3.63, 3.8) is 0 Å². The molecule has 0 radical (unpaired) electrons. The summed E-state index contributed by atoms with van der Waals surface area (Å²) in [6.07, 6.45) is 10.4. The van der Waals surface area contributed by atoms with Gasteiger partial charge in [0.05, 0.1) is 10.8 Å². The average Bonchev–Trinajstić information content (AvgIpc) is 3.45. The van der Waals surface area contributed by atoms with Gasteiger partial charge in [-0.25, -0.2) is 0 Å². The summed E-state index contributed by atoms with van der Waals surface area (Å²) < 4.78 is 0. The highest BCUT2D eigenvalue weighted by Crippen LogP contribution is 2.50. The Bertz CT molecular complexity index is 772. The lowest BCUT2D eigenvalue weighted by Crippen LogP contribution is -2.23. The van der Waals surface area contributed by atoms with E-state index in [9.17, 15) is 19.8 Å². The van der Waals surface area contributed by atoms with E-state index in [1.807, 2.05) is 0 Å². The molecule has 0 bridgehead atoms. The molecule has 1 aliphatic carbocycles. The number of hydrogen-bond acceptors (Lipinski definition) is 2. The van der Waals surface area contributed by atoms with Crippen LogP contribution in [0, 0.1) is 31.6 Å². The molecule has 4 nitrogen and oxygen atoms in total. The summed E-state index contributed by atoms with van der Waals surface area (Å²) in [5, 5.41) is 18.6. The molecule has 1 saturated carbocycles. The van der Waals surface area contributed by atoms with Crippen molar-refractivity contribution in [2.75, 3.05) is 0 Å². The first kappa shape index (κ1) is 24.4. The van der Waals surface area contributed by atoms with E-state index in [1.54, 1.807) is 13.8 Å². The van der Waals surface area contributed by atoms with Crippen molar-refractivity contribution in [1.82, 2.24) is 0 Å². The third kappa shape index (κ3) is 6.09. The smallest absolute Gasteiger partial charge is 0.309 e. The van der Waals surface area contributed by atoms with E-state index < -0.39 is 22.8 Å². The van der Waals surface area contributed by atoms with Crippen LogP contribution in [0.2, 0.25) is 0 Å². The number of unbranched alkanes of at least 4 members (excludes halogenated alkanes) is 3. The molecular formula is C26H40O4. The molecule has 1 aromatic carbocycles. The molecule has 0 aromatic heterocycles. The molecule has 30 heavy (non-hydrogen) atoms. The van der Waals surface area contributed by atoms with Crippen molar-refractivity contribution in [1.29, 1.82) is 0 Å². The summed E-state index contributed by atoms with van der Waals surface area (Å²) in [6, 6.07) is 2.28. The van der Waals surface area contributed by atoms with Crippen LogP contribution in [0.3, 0.4) is 0 Å². The summed E-state index contributed by atoms with van der Waals surface area (Å²) in [5.41, 5.74) is 5.90. The topological polar surface area (TPSA) is 74.6 Å². The van der Waals surface area contributed by atoms with Crippen molar-refractivity contribution in [2.24, 2.45) is 10.8 Å². The first-order chi connectivity index (χ1) is 14.0. The van der Waals surface area contributed by atoms with Gasteiger partial charge in [0.15, 0.2) is 0 Å². The Balaban J connectivity index is 1.92. The third-order valence-corrected chi connectivity index (χ3v) is 7.26. The maximum Gasteiger partial charge on any atom is 0.309 e. The predicted octanol–water partition coefficient (Wildman–Crippen LogP) is 6.40. The van der Waals surface area contributed by atoms with Crippen LogP contribution in [0.4, 0.5) is 0 Å². The molecule has 1 aromatic rings. The molecule has 0 amide bonds. The van der Waals surface area contributed by atoms with Crippen molar-refractivity contribution in [3.8, 4) is 0 Å². The van der Waals surface area contributed by atoms with Crippen LogP contribution in [0.5, 0.6) is 0 Å². The Morgan fingerprint density at radius 2 is 1.50 bits per heavy atom. The quantitative estimate of drug-likeness (QED) is 0.365. The first-order valence-corrected chi connectivity index (χ1v) is 11.6. The Morgan fingerprint density at radius 3 is 2.07 bits per heavy atom. The molecular weight excluding hydrogens is 376 g/mol. The molecule has 0 spiro atoms. The Morgan fingerprint density at radius 1 is 0.900 bits per heavy atom. The Hall–Kier alpha value is -1.84. The maximum atomic E-state index is 11.3. The average molecular weight is 417 g/mol. The zero-order valence-corrected chi connectivity index (χ0v) is 19.6. The highest BCUT2D eigenvalue weighted by Gasteiger charge is 2.49. The standard InChI is InChI=1S/C26H40O4/c1-18-17-19(2)21(11-7-6-9-14-26(15-16-26)24(29)30)22(20(18)3)12-8-10-13-25(4,5)23(27)28/h17H,6-16H2,1-5H3,(H,27,28)(H,29,30). The first-order valence-electron chi connectivity index (χ1n) is 11.6. The van der Waals surface area contributed by atoms with E-state index in [4.69, 9.17) is 0 Å². The second-order valence-corrected chi connectivity index (χ2v) is 10.1. The number of aliphatic carboxylic acids is 2. The summed E-state index contributed by atoms with van der Waals surface area (Å²) >= 11 is 0. The van der Waals surface area contributed by atoms with Gasteiger partial charge in [-0.15, -0.1) is 0 Å². The van der Waals surface area contributed by atoms with Crippen molar-refractivity contribution in [2.45, 2.75) is 105 Å². The van der Waals surface area contributed by atoms with Crippen LogP contribution in [-0.2, 0) is 22.4 Å². The van der Waals surface area contributed by atoms with Crippen molar-refractivity contribution in [3.05, 3.63) is 33.9 Å². The van der Waals surface area contributed by atoms with Gasteiger partial charge in [-0.05, 0) is 114 Å². The minimum absolute atomic E-state index is 0.398. The number of hydrogen-bond donors (Lipinski definition) is 2. The zero-order valence-electron chi connectivity index (χ0n) is 19.6. The molecule has 0 heterocycles. The summed E-state index contributed by atoms with van der Waals surface area (Å²) in [6.45, 7) is 10.2. The lowest BCUT2D eigenvalue weighted by molar-refractivity contribution is -0.147. The van der Waals surface area contributed by atoms with Crippen LogP contribution >= 0.6 is 0 Å². The third-order valence-electron chi connectivity index (χ3n) is 7.26. The van der Waals surface area contributed by atoms with Gasteiger partial charge in [-0.3, -0.25) is 9.59 Å². The van der Waals surface area contributed by atoms with Crippen LogP contribution in [0.15, 0.2) is 6.07 Å². The van der Waals surface area contributed by atoms with Gasteiger partial charge in [0.1, 0.15) is 0 Å². The molecule has 0 atom stereocenters. The lowest BCUT2D eigenvalue weighted by Gasteiger charge is -2.20. The van der Waals surface area contributed by atoms with Gasteiger partial charge in [-0.1, -0.05) is 25.3 Å². The van der Waals surface area contributed by atoms with E-state index in [-0.39, 0.29) is 0 Å². The fourth-order valence-electron chi connectivity index (χ4n) is 4.55. The van der Waals surface area contributed by atoms with Gasteiger partial charge in [0, 0.05) is 0 Å². The molecule has 0 unspecified atom stereocenters. The van der Waals surface area contributed by atoms with E-state index >= 15 is 0 Å². The van der Waals surface area contributed by atoms with Gasteiger partial charge in [-0.2, -0.15) is 0 Å². The summed E-state index contributed by atoms with van der Waals surface area (Å²) in [7, 11) is 0. The molecule has 2 N–H and O–H groups in total. The highest BCUT2D eigenvalue weighted by atomic mass is 16.4. The number of rotatable bonds is 13. The Labute approximate surface area is 182 Å². The van der Waals surface area contributed by atoms with E-state index in [1.165, 1.54) is 27.8 Å². The molecule has 0 aliphatic heterocycles. The molecule has 168 valence electrons. The van der Waals surface area contributed by atoms with Crippen LogP contribution in [0.25, 0.3) is 0 Å². The number of aryl methyl sites for hydroxylation is 2. The summed E-state index contributed by atoms with van der Waals surface area (Å²) in [5.74, 6) is -1.33. The summed E-state index contributed by atoms with van der Waals surface area (Å²) in [4.78, 5) is 22.6. The minimum Gasteiger partial charge on any atom is -0.481 e. The fraction of sp³-hybridized carbons (Fsp3) is 0.692. The number of carbonyl (C=O) groups is 2. The van der Waals surface area contributed by atoms with Crippen LogP contribution < -0.4 is 0 Å². The predicted molar refractivity (Wildman–Crippen MR) is 121 cm³/mol. The molecule has 2 rings (SSSR count). The highest BCUT2D eigenvalue weighted by molar-refractivity contribution is 5.77. The van der Waals surface area contributed by atoms with Gasteiger partial charge < -0.3 is 10.2 Å². The van der Waals surface area contributed by atoms with Gasteiger partial charge >= 0.3 is 11.9 Å². The minimum atomic E-state index is -0.721. The monoisotopic (exact) mass is 416 g/mol. The van der Waals surface area contributed by atoms with Gasteiger partial charge in [0.2, 0.25) is 0 Å². The largest absolute Gasteiger partial charge is 0.481 e.